The molecule has 1 amide bonds. The summed E-state index contributed by atoms with van der Waals surface area (Å²) in [5, 5.41) is 14.7. The van der Waals surface area contributed by atoms with Crippen molar-refractivity contribution in [2.45, 2.75) is 6.92 Å². The molecule has 0 aliphatic rings. The van der Waals surface area contributed by atoms with E-state index in [-0.39, 0.29) is 12.2 Å². The van der Waals surface area contributed by atoms with Crippen LogP contribution in [0.2, 0.25) is 0 Å². The number of methoxy groups -OCH3 is 1. The summed E-state index contributed by atoms with van der Waals surface area (Å²) >= 11 is 0. The summed E-state index contributed by atoms with van der Waals surface area (Å²) in [5.41, 5.74) is 1.34. The van der Waals surface area contributed by atoms with Crippen molar-refractivity contribution < 1.29 is 19.1 Å². The molecule has 0 radical (unpaired) electrons. The second-order valence-corrected chi connectivity index (χ2v) is 5.27. The standard InChI is InChI=1S/C20H19N3O4/c1-3-27-20(25)14-8-10-16(11-9-14)23-19(24)15(12-21)13-22-17-6-4-5-7-18(17)26-2/h4-11,13,22H,3H2,1-2H3,(H,23,24)/b15-13-. The maximum atomic E-state index is 12.3. The third kappa shape index (κ3) is 5.34. The summed E-state index contributed by atoms with van der Waals surface area (Å²) in [6.45, 7) is 2.01. The van der Waals surface area contributed by atoms with E-state index in [1.54, 1.807) is 37.3 Å². The van der Waals surface area contributed by atoms with Gasteiger partial charge >= 0.3 is 5.97 Å². The molecule has 7 nitrogen and oxygen atoms in total. The molecular formula is C20H19N3O4. The minimum absolute atomic E-state index is 0.115. The zero-order valence-electron chi connectivity index (χ0n) is 15.0. The molecule has 2 aromatic carbocycles. The van der Waals surface area contributed by atoms with Gasteiger partial charge in [-0.1, -0.05) is 12.1 Å². The Morgan fingerprint density at radius 2 is 1.85 bits per heavy atom. The molecule has 0 spiro atoms. The van der Waals surface area contributed by atoms with Gasteiger partial charge in [0.2, 0.25) is 0 Å². The van der Waals surface area contributed by atoms with Crippen molar-refractivity contribution in [3.05, 3.63) is 65.9 Å². The number of nitrogens with zero attached hydrogens (tertiary/aromatic N) is 1. The van der Waals surface area contributed by atoms with Crippen molar-refractivity contribution in [2.24, 2.45) is 0 Å². The lowest BCUT2D eigenvalue weighted by molar-refractivity contribution is -0.112. The number of anilines is 2. The van der Waals surface area contributed by atoms with Crippen LogP contribution in [-0.2, 0) is 9.53 Å². The van der Waals surface area contributed by atoms with E-state index in [0.29, 0.717) is 22.7 Å². The normalized spacial score (nSPS) is 10.5. The molecule has 7 heteroatoms. The molecule has 0 heterocycles. The molecule has 138 valence electrons. The number of ether oxygens (including phenoxy) is 2. The Hall–Kier alpha value is -3.79. The Kier molecular flexibility index (Phi) is 6.97. The number of nitriles is 1. The largest absolute Gasteiger partial charge is 0.495 e. The number of nitrogens with one attached hydrogen (secondary N) is 2. The van der Waals surface area contributed by atoms with E-state index < -0.39 is 11.9 Å². The molecule has 0 aliphatic carbocycles. The molecule has 27 heavy (non-hydrogen) atoms. The highest BCUT2D eigenvalue weighted by Crippen LogP contribution is 2.23. The molecule has 0 bridgehead atoms. The van der Waals surface area contributed by atoms with Crippen molar-refractivity contribution in [1.29, 1.82) is 5.26 Å². The first-order valence-corrected chi connectivity index (χ1v) is 8.17. The van der Waals surface area contributed by atoms with E-state index in [2.05, 4.69) is 10.6 Å². The maximum absolute atomic E-state index is 12.3. The van der Waals surface area contributed by atoms with Crippen LogP contribution in [0.3, 0.4) is 0 Å². The number of benzene rings is 2. The summed E-state index contributed by atoms with van der Waals surface area (Å²) in [4.78, 5) is 23.9. The molecular weight excluding hydrogens is 346 g/mol. The predicted molar refractivity (Wildman–Crippen MR) is 101 cm³/mol. The van der Waals surface area contributed by atoms with E-state index in [0.717, 1.165) is 0 Å². The Bertz CT molecular complexity index is 883. The number of hydrogen-bond donors (Lipinski definition) is 2. The number of esters is 1. The van der Waals surface area contributed by atoms with Gasteiger partial charge in [0.1, 0.15) is 17.4 Å². The van der Waals surface area contributed by atoms with E-state index in [4.69, 9.17) is 9.47 Å². The molecule has 0 atom stereocenters. The van der Waals surface area contributed by atoms with Gasteiger partial charge in [0.05, 0.1) is 25.0 Å². The van der Waals surface area contributed by atoms with Crippen LogP contribution in [0.1, 0.15) is 17.3 Å². The second-order valence-electron chi connectivity index (χ2n) is 5.27. The van der Waals surface area contributed by atoms with Gasteiger partial charge < -0.3 is 20.1 Å². The fourth-order valence-corrected chi connectivity index (χ4v) is 2.16. The summed E-state index contributed by atoms with van der Waals surface area (Å²) in [6, 6.07) is 15.2. The van der Waals surface area contributed by atoms with E-state index >= 15 is 0 Å². The summed E-state index contributed by atoms with van der Waals surface area (Å²) < 4.78 is 10.1. The van der Waals surface area contributed by atoms with Crippen molar-refractivity contribution >= 4 is 23.3 Å². The third-order valence-corrected chi connectivity index (χ3v) is 3.50. The first kappa shape index (κ1) is 19.5. The second kappa shape index (κ2) is 9.63. The number of carbonyl (C=O) groups is 2. The fraction of sp³-hybridized carbons (Fsp3) is 0.150. The van der Waals surface area contributed by atoms with Crippen LogP contribution in [-0.4, -0.2) is 25.6 Å². The van der Waals surface area contributed by atoms with Gasteiger partial charge in [-0.2, -0.15) is 5.26 Å². The average Bonchev–Trinajstić information content (AvgIpc) is 2.69. The SMILES string of the molecule is CCOC(=O)c1ccc(NC(=O)/C(C#N)=C\Nc2ccccc2OC)cc1. The molecule has 0 unspecified atom stereocenters. The zero-order chi connectivity index (χ0) is 19.6. The van der Waals surface area contributed by atoms with Crippen LogP contribution >= 0.6 is 0 Å². The zero-order valence-corrected chi connectivity index (χ0v) is 15.0. The summed E-state index contributed by atoms with van der Waals surface area (Å²) in [7, 11) is 1.53. The molecule has 0 aliphatic heterocycles. The highest BCUT2D eigenvalue weighted by molar-refractivity contribution is 6.07. The van der Waals surface area contributed by atoms with E-state index in [1.165, 1.54) is 25.4 Å². The number of para-hydroxylation sites is 2. The van der Waals surface area contributed by atoms with Crippen LogP contribution in [0.4, 0.5) is 11.4 Å². The quantitative estimate of drug-likeness (QED) is 0.443. The van der Waals surface area contributed by atoms with Gasteiger partial charge in [-0.25, -0.2) is 4.79 Å². The van der Waals surface area contributed by atoms with Crippen LogP contribution in [0.5, 0.6) is 5.75 Å². The first-order chi connectivity index (χ1) is 13.1. The molecule has 0 saturated carbocycles. The highest BCUT2D eigenvalue weighted by Gasteiger charge is 2.11. The minimum atomic E-state index is -0.580. The Balaban J connectivity index is 2.06. The van der Waals surface area contributed by atoms with Crippen LogP contribution in [0.15, 0.2) is 60.3 Å². The molecule has 2 rings (SSSR count). The molecule has 0 saturated heterocycles. The van der Waals surface area contributed by atoms with Gasteiger partial charge in [-0.05, 0) is 43.3 Å². The highest BCUT2D eigenvalue weighted by atomic mass is 16.5. The number of rotatable bonds is 7. The number of amides is 1. The van der Waals surface area contributed by atoms with Crippen LogP contribution in [0, 0.1) is 11.3 Å². The van der Waals surface area contributed by atoms with Crippen molar-refractivity contribution in [3.63, 3.8) is 0 Å². The third-order valence-electron chi connectivity index (χ3n) is 3.50. The molecule has 2 N–H and O–H groups in total. The lowest BCUT2D eigenvalue weighted by Crippen LogP contribution is -2.15. The minimum Gasteiger partial charge on any atom is -0.495 e. The molecule has 0 aromatic heterocycles. The van der Waals surface area contributed by atoms with Crippen molar-refractivity contribution in [1.82, 2.24) is 0 Å². The summed E-state index contributed by atoms with van der Waals surface area (Å²) in [5.74, 6) is -0.432. The van der Waals surface area contributed by atoms with Crippen LogP contribution < -0.4 is 15.4 Å². The van der Waals surface area contributed by atoms with Crippen molar-refractivity contribution in [3.8, 4) is 11.8 Å². The lowest BCUT2D eigenvalue weighted by Gasteiger charge is -2.09. The van der Waals surface area contributed by atoms with E-state index in [1.807, 2.05) is 12.1 Å². The van der Waals surface area contributed by atoms with Gasteiger partial charge in [0.25, 0.3) is 5.91 Å². The van der Waals surface area contributed by atoms with Gasteiger partial charge in [0, 0.05) is 11.9 Å². The number of carbonyl (C=O) groups excluding carboxylic acids is 2. The van der Waals surface area contributed by atoms with E-state index in [9.17, 15) is 14.9 Å². The fourth-order valence-electron chi connectivity index (χ4n) is 2.16. The summed E-state index contributed by atoms with van der Waals surface area (Å²) in [6.07, 6.45) is 1.31. The Morgan fingerprint density at radius 1 is 1.15 bits per heavy atom. The Morgan fingerprint density at radius 3 is 2.48 bits per heavy atom. The smallest absolute Gasteiger partial charge is 0.338 e. The Labute approximate surface area is 157 Å². The monoisotopic (exact) mass is 365 g/mol. The molecule has 0 fully saturated rings. The lowest BCUT2D eigenvalue weighted by atomic mass is 10.2. The van der Waals surface area contributed by atoms with Crippen molar-refractivity contribution in [2.75, 3.05) is 24.4 Å². The average molecular weight is 365 g/mol. The predicted octanol–water partition coefficient (Wildman–Crippen LogP) is 3.33. The molecule has 2 aromatic rings. The van der Waals surface area contributed by atoms with Gasteiger partial charge in [-0.3, -0.25) is 4.79 Å². The van der Waals surface area contributed by atoms with Crippen LogP contribution in [0.25, 0.3) is 0 Å². The first-order valence-electron chi connectivity index (χ1n) is 8.17. The van der Waals surface area contributed by atoms with Gasteiger partial charge in [0.15, 0.2) is 0 Å². The topological polar surface area (TPSA) is 100 Å². The van der Waals surface area contributed by atoms with Gasteiger partial charge in [-0.15, -0.1) is 0 Å². The number of hydrogen-bond acceptors (Lipinski definition) is 6. The maximum Gasteiger partial charge on any atom is 0.338 e.